The number of amides is 1. The van der Waals surface area contributed by atoms with Gasteiger partial charge in [0.25, 0.3) is 0 Å². The Labute approximate surface area is 139 Å². The van der Waals surface area contributed by atoms with Crippen molar-refractivity contribution in [2.45, 2.75) is 29.7 Å². The van der Waals surface area contributed by atoms with E-state index in [1.54, 1.807) is 18.2 Å². The molecule has 0 radical (unpaired) electrons. The summed E-state index contributed by atoms with van der Waals surface area (Å²) in [4.78, 5) is 11.1. The lowest BCUT2D eigenvalue weighted by molar-refractivity contribution is 0.1000. The highest BCUT2D eigenvalue weighted by Crippen LogP contribution is 2.38. The maximum Gasteiger partial charge on any atom is 0.248 e. The molecule has 1 fully saturated rings. The third kappa shape index (κ3) is 3.32. The molecule has 0 unspecified atom stereocenters. The molecule has 0 spiro atoms. The van der Waals surface area contributed by atoms with Gasteiger partial charge in [0, 0.05) is 11.6 Å². The molecule has 0 heterocycles. The number of hydrogen-bond donors (Lipinski definition) is 2. The molecule has 7 heteroatoms. The van der Waals surface area contributed by atoms with Gasteiger partial charge in [-0.2, -0.15) is 0 Å². The predicted molar refractivity (Wildman–Crippen MR) is 87.4 cm³/mol. The molecule has 3 rings (SSSR count). The number of primary amides is 1. The Bertz CT molecular complexity index is 860. The molecule has 1 aliphatic rings. The minimum absolute atomic E-state index is 0.0242. The van der Waals surface area contributed by atoms with Crippen LogP contribution in [0.5, 0.6) is 0 Å². The molecular weight excluding hydrogens is 331 g/mol. The van der Waals surface area contributed by atoms with Crippen molar-refractivity contribution in [1.29, 1.82) is 0 Å². The fraction of sp³-hybridized carbons (Fsp3) is 0.235. The maximum absolute atomic E-state index is 13.7. The summed E-state index contributed by atoms with van der Waals surface area (Å²) < 4.78 is 41.0. The van der Waals surface area contributed by atoms with Gasteiger partial charge in [0.2, 0.25) is 15.9 Å². The molecule has 1 aliphatic carbocycles. The topological polar surface area (TPSA) is 89.3 Å². The Morgan fingerprint density at radius 1 is 1.08 bits per heavy atom. The van der Waals surface area contributed by atoms with Gasteiger partial charge in [-0.05, 0) is 54.7 Å². The van der Waals surface area contributed by atoms with Crippen LogP contribution in [0.2, 0.25) is 0 Å². The quantitative estimate of drug-likeness (QED) is 0.867. The van der Waals surface area contributed by atoms with E-state index in [2.05, 4.69) is 4.72 Å². The van der Waals surface area contributed by atoms with E-state index in [0.29, 0.717) is 18.4 Å². The zero-order valence-corrected chi connectivity index (χ0v) is 13.6. The summed E-state index contributed by atoms with van der Waals surface area (Å²) in [5.41, 5.74) is 6.00. The molecule has 2 aromatic rings. The monoisotopic (exact) mass is 348 g/mol. The summed E-state index contributed by atoms with van der Waals surface area (Å²) in [5.74, 6) is -0.847. The second kappa shape index (κ2) is 6.33. The smallest absolute Gasteiger partial charge is 0.248 e. The lowest BCUT2D eigenvalue weighted by atomic mass is 9.76. The van der Waals surface area contributed by atoms with Crippen LogP contribution >= 0.6 is 0 Å². The average Bonchev–Trinajstić information content (AvgIpc) is 2.51. The first-order chi connectivity index (χ1) is 11.4. The first kappa shape index (κ1) is 16.6. The van der Waals surface area contributed by atoms with Gasteiger partial charge in [-0.15, -0.1) is 0 Å². The van der Waals surface area contributed by atoms with Gasteiger partial charge in [0.1, 0.15) is 5.82 Å². The molecule has 0 saturated heterocycles. The van der Waals surface area contributed by atoms with Gasteiger partial charge in [-0.1, -0.05) is 18.2 Å². The lowest BCUT2D eigenvalue weighted by Crippen LogP contribution is -2.43. The van der Waals surface area contributed by atoms with E-state index in [0.717, 1.165) is 0 Å². The molecule has 5 nitrogen and oxygen atoms in total. The summed E-state index contributed by atoms with van der Waals surface area (Å²) >= 11 is 0. The number of halogens is 1. The van der Waals surface area contributed by atoms with E-state index in [-0.39, 0.29) is 28.2 Å². The van der Waals surface area contributed by atoms with Crippen molar-refractivity contribution >= 4 is 15.9 Å². The Morgan fingerprint density at radius 3 is 2.29 bits per heavy atom. The lowest BCUT2D eigenvalue weighted by Gasteiger charge is -2.36. The van der Waals surface area contributed by atoms with Crippen molar-refractivity contribution in [2.75, 3.05) is 0 Å². The molecule has 1 amide bonds. The molecule has 1 saturated carbocycles. The van der Waals surface area contributed by atoms with Gasteiger partial charge < -0.3 is 5.73 Å². The van der Waals surface area contributed by atoms with Crippen LogP contribution in [-0.2, 0) is 10.0 Å². The zero-order chi connectivity index (χ0) is 17.3. The standard InChI is InChI=1S/C17H17FN2O3S/c18-16-4-2-1-3-15(16)12-9-13(10-12)20-24(22,23)14-7-5-11(6-8-14)17(19)21/h1-8,12-13,20H,9-10H2,(H2,19,21). The average molecular weight is 348 g/mol. The minimum atomic E-state index is -3.67. The van der Waals surface area contributed by atoms with Crippen LogP contribution < -0.4 is 10.5 Å². The van der Waals surface area contributed by atoms with Crippen LogP contribution in [0, 0.1) is 5.82 Å². The van der Waals surface area contributed by atoms with Crippen molar-refractivity contribution in [1.82, 2.24) is 4.72 Å². The Kier molecular flexibility index (Phi) is 4.38. The van der Waals surface area contributed by atoms with Crippen molar-refractivity contribution in [3.05, 3.63) is 65.5 Å². The van der Waals surface area contributed by atoms with Gasteiger partial charge in [0.15, 0.2) is 0 Å². The Morgan fingerprint density at radius 2 is 1.71 bits per heavy atom. The highest BCUT2D eigenvalue weighted by Gasteiger charge is 2.34. The zero-order valence-electron chi connectivity index (χ0n) is 12.8. The molecule has 126 valence electrons. The van der Waals surface area contributed by atoms with E-state index in [1.807, 2.05) is 0 Å². The largest absolute Gasteiger partial charge is 0.366 e. The number of sulfonamides is 1. The summed E-state index contributed by atoms with van der Waals surface area (Å²) in [6.07, 6.45) is 1.11. The molecule has 0 bridgehead atoms. The van der Waals surface area contributed by atoms with E-state index in [9.17, 15) is 17.6 Å². The number of hydrogen-bond acceptors (Lipinski definition) is 3. The maximum atomic E-state index is 13.7. The predicted octanol–water partition coefficient (Wildman–Crippen LogP) is 2.15. The van der Waals surface area contributed by atoms with E-state index < -0.39 is 15.9 Å². The van der Waals surface area contributed by atoms with E-state index >= 15 is 0 Å². The number of carbonyl (C=O) groups excluding carboxylic acids is 1. The Balaban J connectivity index is 1.64. The second-order valence-electron chi connectivity index (χ2n) is 5.90. The molecule has 0 aromatic heterocycles. The van der Waals surface area contributed by atoms with Crippen LogP contribution in [-0.4, -0.2) is 20.4 Å². The number of rotatable bonds is 5. The SMILES string of the molecule is NC(=O)c1ccc(S(=O)(=O)NC2CC(c3ccccc3F)C2)cc1. The van der Waals surface area contributed by atoms with Crippen LogP contribution in [0.4, 0.5) is 4.39 Å². The van der Waals surface area contributed by atoms with Crippen LogP contribution in [0.25, 0.3) is 0 Å². The van der Waals surface area contributed by atoms with Crippen LogP contribution in [0.1, 0.15) is 34.7 Å². The van der Waals surface area contributed by atoms with Crippen molar-refractivity contribution in [3.63, 3.8) is 0 Å². The minimum Gasteiger partial charge on any atom is -0.366 e. The first-order valence-corrected chi connectivity index (χ1v) is 9.02. The highest BCUT2D eigenvalue weighted by molar-refractivity contribution is 7.89. The summed E-state index contributed by atoms with van der Waals surface area (Å²) in [6.45, 7) is 0. The number of benzene rings is 2. The third-order valence-electron chi connectivity index (χ3n) is 4.25. The molecule has 0 aliphatic heterocycles. The molecule has 0 atom stereocenters. The van der Waals surface area contributed by atoms with Gasteiger partial charge in [0.05, 0.1) is 4.90 Å². The summed E-state index contributed by atoms with van der Waals surface area (Å²) in [6, 6.07) is 11.8. The molecule has 24 heavy (non-hydrogen) atoms. The fourth-order valence-corrected chi connectivity index (χ4v) is 4.12. The highest BCUT2D eigenvalue weighted by atomic mass is 32.2. The normalized spacial score (nSPS) is 20.4. The van der Waals surface area contributed by atoms with Crippen molar-refractivity contribution in [3.8, 4) is 0 Å². The van der Waals surface area contributed by atoms with Crippen molar-refractivity contribution in [2.24, 2.45) is 5.73 Å². The fourth-order valence-electron chi connectivity index (χ4n) is 2.86. The molecule has 3 N–H and O–H groups in total. The Hall–Kier alpha value is -2.25. The van der Waals surface area contributed by atoms with Gasteiger partial charge in [-0.3, -0.25) is 4.79 Å². The van der Waals surface area contributed by atoms with Crippen LogP contribution in [0.15, 0.2) is 53.4 Å². The molecule has 2 aromatic carbocycles. The van der Waals surface area contributed by atoms with Crippen LogP contribution in [0.3, 0.4) is 0 Å². The van der Waals surface area contributed by atoms with E-state index in [4.69, 9.17) is 5.73 Å². The second-order valence-corrected chi connectivity index (χ2v) is 7.61. The van der Waals surface area contributed by atoms with Gasteiger partial charge in [-0.25, -0.2) is 17.5 Å². The summed E-state index contributed by atoms with van der Waals surface area (Å²) in [5, 5.41) is 0. The first-order valence-electron chi connectivity index (χ1n) is 7.53. The molecular formula is C17H17FN2O3S. The summed E-state index contributed by atoms with van der Waals surface area (Å²) in [7, 11) is -3.67. The number of carbonyl (C=O) groups is 1. The van der Waals surface area contributed by atoms with Gasteiger partial charge >= 0.3 is 0 Å². The number of nitrogens with two attached hydrogens (primary N) is 1. The van der Waals surface area contributed by atoms with Crippen molar-refractivity contribution < 1.29 is 17.6 Å². The third-order valence-corrected chi connectivity index (χ3v) is 5.79. The van der Waals surface area contributed by atoms with E-state index in [1.165, 1.54) is 30.3 Å². The number of nitrogens with one attached hydrogen (secondary N) is 1.